The quantitative estimate of drug-likeness (QED) is 0.550. The highest BCUT2D eigenvalue weighted by Gasteiger charge is 2.25. The summed E-state index contributed by atoms with van der Waals surface area (Å²) in [6.45, 7) is 6.91. The highest BCUT2D eigenvalue weighted by atomic mass is 16.7. The summed E-state index contributed by atoms with van der Waals surface area (Å²) < 4.78 is 16.5. The summed E-state index contributed by atoms with van der Waals surface area (Å²) in [5.41, 5.74) is 6.41. The number of ether oxygens (including phenoxy) is 3. The highest BCUT2D eigenvalue weighted by molar-refractivity contribution is 5.49. The molecular weight excluding hydrogens is 348 g/mol. The molecule has 0 unspecified atom stereocenters. The average molecular weight is 374 g/mol. The van der Waals surface area contributed by atoms with E-state index in [1.807, 2.05) is 18.2 Å². The van der Waals surface area contributed by atoms with Crippen LogP contribution in [-0.4, -0.2) is 13.9 Å². The Kier molecular flexibility index (Phi) is 4.99. The molecule has 0 fully saturated rings. The smallest absolute Gasteiger partial charge is 0.231 e. The molecule has 0 aliphatic carbocycles. The number of rotatable bonds is 5. The first-order valence-corrected chi connectivity index (χ1v) is 9.67. The average Bonchev–Trinajstić information content (AvgIpc) is 3.16. The molecule has 28 heavy (non-hydrogen) atoms. The van der Waals surface area contributed by atoms with E-state index in [9.17, 15) is 0 Å². The fourth-order valence-electron chi connectivity index (χ4n) is 4.15. The third-order valence-corrected chi connectivity index (χ3v) is 5.50. The van der Waals surface area contributed by atoms with E-state index >= 15 is 0 Å². The Morgan fingerprint density at radius 1 is 0.750 bits per heavy atom. The Labute approximate surface area is 166 Å². The zero-order chi connectivity index (χ0) is 19.7. The predicted molar refractivity (Wildman–Crippen MR) is 112 cm³/mol. The van der Waals surface area contributed by atoms with Crippen molar-refractivity contribution in [2.45, 2.75) is 32.6 Å². The lowest BCUT2D eigenvalue weighted by Crippen LogP contribution is -2.11. The summed E-state index contributed by atoms with van der Waals surface area (Å²) in [5.74, 6) is 3.00. The molecule has 4 rings (SSSR count). The first kappa shape index (κ1) is 18.4. The normalized spacial score (nSPS) is 14.6. The lowest BCUT2D eigenvalue weighted by Gasteiger charge is -2.26. The number of benzene rings is 3. The second-order valence-corrected chi connectivity index (χ2v) is 7.57. The van der Waals surface area contributed by atoms with Gasteiger partial charge in [0.25, 0.3) is 0 Å². The molecule has 0 saturated heterocycles. The molecule has 1 aliphatic heterocycles. The van der Waals surface area contributed by atoms with Gasteiger partial charge in [0, 0.05) is 5.92 Å². The summed E-state index contributed by atoms with van der Waals surface area (Å²) in [5, 5.41) is 0. The molecule has 0 N–H and O–H groups in total. The second kappa shape index (κ2) is 7.59. The summed E-state index contributed by atoms with van der Waals surface area (Å²) in [6, 6.07) is 21.5. The summed E-state index contributed by atoms with van der Waals surface area (Å²) >= 11 is 0. The Morgan fingerprint density at radius 3 is 2.07 bits per heavy atom. The Hall–Kier alpha value is -2.94. The number of hydrogen-bond donors (Lipinski definition) is 0. The minimum atomic E-state index is 0.196. The predicted octanol–water partition coefficient (Wildman–Crippen LogP) is 5.98. The standard InChI is InChI=1S/C25H26O3/c1-16-11-17(2)13-21(12-16)18(3)25(19-5-8-22(26-4)9-6-19)20-7-10-23-24(14-20)28-15-27-23/h5-14,18,25H,15H2,1-4H3/t18-,25-/m0/s1. The van der Waals surface area contributed by atoms with Crippen LogP contribution in [0.2, 0.25) is 0 Å². The van der Waals surface area contributed by atoms with Gasteiger partial charge in [0.05, 0.1) is 7.11 Å². The van der Waals surface area contributed by atoms with Crippen molar-refractivity contribution >= 4 is 0 Å². The first-order chi connectivity index (χ1) is 13.5. The van der Waals surface area contributed by atoms with Crippen molar-refractivity contribution < 1.29 is 14.2 Å². The van der Waals surface area contributed by atoms with Crippen molar-refractivity contribution in [1.29, 1.82) is 0 Å². The van der Waals surface area contributed by atoms with Crippen molar-refractivity contribution in [1.82, 2.24) is 0 Å². The monoisotopic (exact) mass is 374 g/mol. The van der Waals surface area contributed by atoms with Gasteiger partial charge in [-0.2, -0.15) is 0 Å². The highest BCUT2D eigenvalue weighted by Crippen LogP contribution is 2.43. The van der Waals surface area contributed by atoms with Gasteiger partial charge in [-0.15, -0.1) is 0 Å². The fourth-order valence-corrected chi connectivity index (χ4v) is 4.15. The van der Waals surface area contributed by atoms with Crippen LogP contribution in [0.25, 0.3) is 0 Å². The molecule has 3 nitrogen and oxygen atoms in total. The molecule has 3 aromatic carbocycles. The Bertz CT molecular complexity index is 955. The van der Waals surface area contributed by atoms with E-state index in [4.69, 9.17) is 14.2 Å². The maximum Gasteiger partial charge on any atom is 0.231 e. The second-order valence-electron chi connectivity index (χ2n) is 7.57. The molecule has 1 aliphatic rings. The maximum absolute atomic E-state index is 5.64. The van der Waals surface area contributed by atoms with Gasteiger partial charge in [0.15, 0.2) is 11.5 Å². The van der Waals surface area contributed by atoms with Crippen LogP contribution < -0.4 is 14.2 Å². The van der Waals surface area contributed by atoms with Crippen molar-refractivity contribution in [2.24, 2.45) is 0 Å². The van der Waals surface area contributed by atoms with Crippen molar-refractivity contribution in [3.8, 4) is 17.2 Å². The van der Waals surface area contributed by atoms with E-state index in [0.29, 0.717) is 12.7 Å². The molecule has 0 spiro atoms. The molecule has 0 bridgehead atoms. The van der Waals surface area contributed by atoms with Crippen molar-refractivity contribution in [3.63, 3.8) is 0 Å². The van der Waals surface area contributed by atoms with Gasteiger partial charge < -0.3 is 14.2 Å². The third kappa shape index (κ3) is 3.57. The molecule has 0 aromatic heterocycles. The van der Waals surface area contributed by atoms with Crippen LogP contribution >= 0.6 is 0 Å². The van der Waals surface area contributed by atoms with Gasteiger partial charge in [-0.1, -0.05) is 54.4 Å². The Balaban J connectivity index is 1.80. The van der Waals surface area contributed by atoms with Crippen LogP contribution in [-0.2, 0) is 0 Å². The number of hydrogen-bond acceptors (Lipinski definition) is 3. The van der Waals surface area contributed by atoms with Gasteiger partial charge in [0.2, 0.25) is 6.79 Å². The summed E-state index contributed by atoms with van der Waals surface area (Å²) in [6.07, 6.45) is 0. The minimum Gasteiger partial charge on any atom is -0.497 e. The van der Waals surface area contributed by atoms with E-state index in [2.05, 4.69) is 63.2 Å². The van der Waals surface area contributed by atoms with Crippen LogP contribution in [0, 0.1) is 13.8 Å². The van der Waals surface area contributed by atoms with E-state index in [0.717, 1.165) is 17.2 Å². The number of methoxy groups -OCH3 is 1. The summed E-state index contributed by atoms with van der Waals surface area (Å²) in [4.78, 5) is 0. The van der Waals surface area contributed by atoms with E-state index in [1.165, 1.54) is 27.8 Å². The van der Waals surface area contributed by atoms with Gasteiger partial charge in [-0.05, 0) is 60.7 Å². The van der Waals surface area contributed by atoms with Crippen molar-refractivity contribution in [3.05, 3.63) is 88.5 Å². The Morgan fingerprint density at radius 2 is 1.39 bits per heavy atom. The minimum absolute atomic E-state index is 0.196. The van der Waals surface area contributed by atoms with Gasteiger partial charge >= 0.3 is 0 Å². The molecule has 3 heteroatoms. The molecule has 0 saturated carbocycles. The topological polar surface area (TPSA) is 27.7 Å². The zero-order valence-corrected chi connectivity index (χ0v) is 16.9. The molecule has 1 heterocycles. The molecule has 0 amide bonds. The third-order valence-electron chi connectivity index (χ3n) is 5.50. The van der Waals surface area contributed by atoms with Gasteiger partial charge in [-0.3, -0.25) is 0 Å². The molecule has 3 aromatic rings. The van der Waals surface area contributed by atoms with Crippen LogP contribution in [0.4, 0.5) is 0 Å². The summed E-state index contributed by atoms with van der Waals surface area (Å²) in [7, 11) is 1.70. The van der Waals surface area contributed by atoms with Crippen LogP contribution in [0.5, 0.6) is 17.2 Å². The molecule has 0 radical (unpaired) electrons. The van der Waals surface area contributed by atoms with Crippen LogP contribution in [0.3, 0.4) is 0 Å². The lowest BCUT2D eigenvalue weighted by molar-refractivity contribution is 0.174. The van der Waals surface area contributed by atoms with E-state index < -0.39 is 0 Å². The van der Waals surface area contributed by atoms with Gasteiger partial charge in [0.1, 0.15) is 5.75 Å². The molecular formula is C25H26O3. The zero-order valence-electron chi connectivity index (χ0n) is 16.9. The van der Waals surface area contributed by atoms with Crippen LogP contribution in [0.1, 0.15) is 46.6 Å². The van der Waals surface area contributed by atoms with Crippen LogP contribution in [0.15, 0.2) is 60.7 Å². The number of aryl methyl sites for hydroxylation is 2. The SMILES string of the molecule is COc1ccc([C@@H](c2ccc3c(c2)OCO3)[C@@H](C)c2cc(C)cc(C)c2)cc1. The van der Waals surface area contributed by atoms with Gasteiger partial charge in [-0.25, -0.2) is 0 Å². The first-order valence-electron chi connectivity index (χ1n) is 9.67. The maximum atomic E-state index is 5.64. The number of fused-ring (bicyclic) bond motifs is 1. The van der Waals surface area contributed by atoms with E-state index in [1.54, 1.807) is 7.11 Å². The lowest BCUT2D eigenvalue weighted by atomic mass is 9.77. The largest absolute Gasteiger partial charge is 0.497 e. The fraction of sp³-hybridized carbons (Fsp3) is 0.280. The van der Waals surface area contributed by atoms with Crippen molar-refractivity contribution in [2.75, 3.05) is 13.9 Å². The van der Waals surface area contributed by atoms with E-state index in [-0.39, 0.29) is 5.92 Å². The molecule has 144 valence electrons. The molecule has 2 atom stereocenters.